The molecule has 23 heavy (non-hydrogen) atoms. The molecule has 0 aromatic heterocycles. The Balaban J connectivity index is 3.37. The molecule has 0 saturated carbocycles. The quantitative estimate of drug-likeness (QED) is 0.404. The van der Waals surface area contributed by atoms with Crippen molar-refractivity contribution in [1.82, 2.24) is 0 Å². The fourth-order valence-corrected chi connectivity index (χ4v) is 2.21. The summed E-state index contributed by atoms with van der Waals surface area (Å²) in [5.74, 6) is -1.89. The number of carbonyl (C=O) groups excluding carboxylic acids is 1. The maximum absolute atomic E-state index is 12.1. The third-order valence-electron chi connectivity index (χ3n) is 3.60. The molecule has 9 heteroatoms. The first-order valence-electron chi connectivity index (χ1n) is 6.84. The number of nitro groups is 2. The smallest absolute Gasteiger partial charge is 0.385 e. The Morgan fingerprint density at radius 2 is 1.83 bits per heavy atom. The molecule has 0 unspecified atom stereocenters. The third-order valence-corrected chi connectivity index (χ3v) is 3.60. The van der Waals surface area contributed by atoms with E-state index in [1.807, 2.05) is 0 Å². The molecule has 0 amide bonds. The second-order valence-corrected chi connectivity index (χ2v) is 4.97. The van der Waals surface area contributed by atoms with E-state index in [1.54, 1.807) is 0 Å². The van der Waals surface area contributed by atoms with Gasteiger partial charge >= 0.3 is 11.5 Å². The molecule has 0 saturated heterocycles. The van der Waals surface area contributed by atoms with Crippen molar-refractivity contribution in [3.63, 3.8) is 0 Å². The van der Waals surface area contributed by atoms with Crippen molar-refractivity contribution in [1.29, 1.82) is 0 Å². The average Bonchev–Trinajstić information content (AvgIpc) is 2.51. The summed E-state index contributed by atoms with van der Waals surface area (Å²) in [5.41, 5.74) is -1.98. The first-order valence-corrected chi connectivity index (χ1v) is 6.84. The highest BCUT2D eigenvalue weighted by molar-refractivity contribution is 5.80. The van der Waals surface area contributed by atoms with Gasteiger partial charge in [0.25, 0.3) is 0 Å². The SMILES string of the molecule is CCOC(=O)[C@](C)([C@H](C[N+](=O)[O-])c1ccc(OC)cc1)[N+](=O)[O-]. The van der Waals surface area contributed by atoms with Crippen LogP contribution in [0, 0.1) is 20.2 Å². The minimum Gasteiger partial charge on any atom is -0.497 e. The van der Waals surface area contributed by atoms with E-state index >= 15 is 0 Å². The molecule has 0 heterocycles. The van der Waals surface area contributed by atoms with Gasteiger partial charge < -0.3 is 9.47 Å². The monoisotopic (exact) mass is 326 g/mol. The van der Waals surface area contributed by atoms with E-state index in [4.69, 9.17) is 9.47 Å². The number of carbonyl (C=O) groups is 1. The molecule has 126 valence electrons. The van der Waals surface area contributed by atoms with Crippen molar-refractivity contribution in [2.45, 2.75) is 25.3 Å². The summed E-state index contributed by atoms with van der Waals surface area (Å²) >= 11 is 0. The van der Waals surface area contributed by atoms with Gasteiger partial charge in [-0.25, -0.2) is 4.79 Å². The minimum atomic E-state index is -2.27. The normalized spacial score (nSPS) is 14.4. The molecule has 0 fully saturated rings. The minimum absolute atomic E-state index is 0.0595. The van der Waals surface area contributed by atoms with E-state index in [2.05, 4.69) is 0 Å². The first kappa shape index (κ1) is 18.3. The second-order valence-electron chi connectivity index (χ2n) is 4.97. The lowest BCUT2D eigenvalue weighted by molar-refractivity contribution is -0.570. The number of ether oxygens (including phenoxy) is 2. The Hall–Kier alpha value is -2.71. The van der Waals surface area contributed by atoms with Crippen LogP contribution in [-0.4, -0.2) is 41.6 Å². The molecule has 0 aliphatic carbocycles. The molecule has 0 radical (unpaired) electrons. The van der Waals surface area contributed by atoms with Crippen LogP contribution in [0.4, 0.5) is 0 Å². The van der Waals surface area contributed by atoms with Crippen LogP contribution >= 0.6 is 0 Å². The van der Waals surface area contributed by atoms with Gasteiger partial charge in [0.2, 0.25) is 6.54 Å². The molecule has 0 N–H and O–H groups in total. The van der Waals surface area contributed by atoms with Crippen LogP contribution in [0.2, 0.25) is 0 Å². The lowest BCUT2D eigenvalue weighted by Crippen LogP contribution is -2.51. The number of benzene rings is 1. The van der Waals surface area contributed by atoms with Gasteiger partial charge in [-0.05, 0) is 24.6 Å². The molecule has 9 nitrogen and oxygen atoms in total. The lowest BCUT2D eigenvalue weighted by atomic mass is 9.80. The summed E-state index contributed by atoms with van der Waals surface area (Å²) in [7, 11) is 1.45. The van der Waals surface area contributed by atoms with Crippen molar-refractivity contribution < 1.29 is 24.1 Å². The summed E-state index contributed by atoms with van der Waals surface area (Å²) in [6.07, 6.45) is 0. The van der Waals surface area contributed by atoms with Crippen molar-refractivity contribution in [3.8, 4) is 5.75 Å². The summed E-state index contributed by atoms with van der Waals surface area (Å²) < 4.78 is 9.76. The van der Waals surface area contributed by atoms with Crippen LogP contribution < -0.4 is 4.74 Å². The van der Waals surface area contributed by atoms with Gasteiger partial charge in [-0.3, -0.25) is 20.2 Å². The van der Waals surface area contributed by atoms with Gasteiger partial charge in [0.05, 0.1) is 13.7 Å². The Morgan fingerprint density at radius 3 is 2.22 bits per heavy atom. The van der Waals surface area contributed by atoms with Gasteiger partial charge in [0.15, 0.2) is 0 Å². The molecule has 0 spiro atoms. The Labute approximate surface area is 132 Å². The first-order chi connectivity index (χ1) is 10.8. The van der Waals surface area contributed by atoms with Crippen LogP contribution in [0.3, 0.4) is 0 Å². The standard InChI is InChI=1S/C14H18N2O7/c1-4-23-13(17)14(2,16(20)21)12(9-15(18)19)10-5-7-11(22-3)8-6-10/h5-8,12H,4,9H2,1-3H3/t12-,14+/m1/s1. The van der Waals surface area contributed by atoms with Gasteiger partial charge in [0.1, 0.15) is 11.7 Å². The predicted octanol–water partition coefficient (Wildman–Crippen LogP) is 1.65. The Kier molecular flexibility index (Phi) is 6.00. The number of hydrogen-bond donors (Lipinski definition) is 0. The topological polar surface area (TPSA) is 122 Å². The highest BCUT2D eigenvalue weighted by Crippen LogP contribution is 2.33. The van der Waals surface area contributed by atoms with Crippen molar-refractivity contribution in [2.75, 3.05) is 20.3 Å². The highest BCUT2D eigenvalue weighted by Gasteiger charge is 2.57. The van der Waals surface area contributed by atoms with Crippen molar-refractivity contribution >= 4 is 5.97 Å². The number of rotatable bonds is 8. The van der Waals surface area contributed by atoms with E-state index in [0.717, 1.165) is 6.92 Å². The Bertz CT molecular complexity index is 587. The van der Waals surface area contributed by atoms with E-state index < -0.39 is 33.8 Å². The van der Waals surface area contributed by atoms with Gasteiger partial charge in [-0.1, -0.05) is 12.1 Å². The van der Waals surface area contributed by atoms with Gasteiger partial charge in [-0.15, -0.1) is 0 Å². The van der Waals surface area contributed by atoms with Gasteiger partial charge in [-0.2, -0.15) is 0 Å². The zero-order valence-electron chi connectivity index (χ0n) is 13.1. The average molecular weight is 326 g/mol. The van der Waals surface area contributed by atoms with E-state index in [0.29, 0.717) is 5.75 Å². The van der Waals surface area contributed by atoms with E-state index in [-0.39, 0.29) is 12.2 Å². The van der Waals surface area contributed by atoms with Crippen LogP contribution in [0.25, 0.3) is 0 Å². The molecule has 1 aromatic rings. The molecule has 1 rings (SSSR count). The lowest BCUT2D eigenvalue weighted by Gasteiger charge is -2.25. The number of nitrogens with zero attached hydrogens (tertiary/aromatic N) is 2. The third kappa shape index (κ3) is 3.93. The zero-order valence-corrected chi connectivity index (χ0v) is 13.1. The molecule has 2 atom stereocenters. The fraction of sp³-hybridized carbons (Fsp3) is 0.500. The summed E-state index contributed by atoms with van der Waals surface area (Å²) in [6.45, 7) is 1.72. The zero-order chi connectivity index (χ0) is 17.6. The Morgan fingerprint density at radius 1 is 1.26 bits per heavy atom. The maximum Gasteiger partial charge on any atom is 0.385 e. The fourth-order valence-electron chi connectivity index (χ4n) is 2.21. The van der Waals surface area contributed by atoms with Crippen LogP contribution in [0.15, 0.2) is 24.3 Å². The van der Waals surface area contributed by atoms with E-state index in [9.17, 15) is 25.0 Å². The number of hydrogen-bond acceptors (Lipinski definition) is 7. The maximum atomic E-state index is 12.1. The number of methoxy groups -OCH3 is 1. The van der Waals surface area contributed by atoms with E-state index in [1.165, 1.54) is 38.3 Å². The summed E-state index contributed by atoms with van der Waals surface area (Å²) in [6, 6.07) is 5.98. The summed E-state index contributed by atoms with van der Waals surface area (Å²) in [5, 5.41) is 22.5. The predicted molar refractivity (Wildman–Crippen MR) is 79.6 cm³/mol. The van der Waals surface area contributed by atoms with Crippen LogP contribution in [0.5, 0.6) is 5.75 Å². The largest absolute Gasteiger partial charge is 0.497 e. The number of esters is 1. The molecular formula is C14H18N2O7. The van der Waals surface area contributed by atoms with Crippen molar-refractivity contribution in [2.24, 2.45) is 0 Å². The molecular weight excluding hydrogens is 308 g/mol. The molecule has 0 aliphatic heterocycles. The molecule has 1 aromatic carbocycles. The molecule has 0 bridgehead atoms. The van der Waals surface area contributed by atoms with Gasteiger partial charge in [0, 0.05) is 16.8 Å². The molecule has 0 aliphatic rings. The highest BCUT2D eigenvalue weighted by atomic mass is 16.6. The van der Waals surface area contributed by atoms with Crippen molar-refractivity contribution in [3.05, 3.63) is 50.1 Å². The summed E-state index contributed by atoms with van der Waals surface area (Å²) in [4.78, 5) is 33.1. The second kappa shape index (κ2) is 7.52. The van der Waals surface area contributed by atoms with Crippen LogP contribution in [0.1, 0.15) is 25.3 Å². The van der Waals surface area contributed by atoms with Crippen LogP contribution in [-0.2, 0) is 9.53 Å².